The van der Waals surface area contributed by atoms with Gasteiger partial charge < -0.3 is 5.73 Å². The topological polar surface area (TPSA) is 26.0 Å². The molecule has 0 amide bonds. The molecule has 0 aromatic heterocycles. The fourth-order valence-corrected chi connectivity index (χ4v) is 3.09. The van der Waals surface area contributed by atoms with E-state index in [2.05, 4.69) is 54.0 Å². The predicted octanol–water partition coefficient (Wildman–Crippen LogP) is 3.32. The van der Waals surface area contributed by atoms with E-state index in [4.69, 9.17) is 5.73 Å². The van der Waals surface area contributed by atoms with Crippen molar-refractivity contribution >= 4 is 15.9 Å². The Morgan fingerprint density at radius 2 is 2.27 bits per heavy atom. The van der Waals surface area contributed by atoms with Gasteiger partial charge in [0.1, 0.15) is 0 Å². The van der Waals surface area contributed by atoms with Crippen molar-refractivity contribution in [2.45, 2.75) is 25.7 Å². The number of nitrogens with two attached hydrogens (primary N) is 1. The molecule has 2 N–H and O–H groups in total. The van der Waals surface area contributed by atoms with Crippen molar-refractivity contribution in [2.75, 3.05) is 6.54 Å². The van der Waals surface area contributed by atoms with Crippen LogP contribution in [0, 0.1) is 11.8 Å². The second-order valence-electron chi connectivity index (χ2n) is 4.93. The van der Waals surface area contributed by atoms with Crippen molar-refractivity contribution in [1.82, 2.24) is 0 Å². The molecule has 2 unspecified atom stereocenters. The maximum absolute atomic E-state index is 5.96. The SMILES string of the molecule is CC(C)C1CC1(CN)c1cccc(Br)c1. The Kier molecular flexibility index (Phi) is 2.91. The highest BCUT2D eigenvalue weighted by Gasteiger charge is 2.55. The summed E-state index contributed by atoms with van der Waals surface area (Å²) in [7, 11) is 0. The summed E-state index contributed by atoms with van der Waals surface area (Å²) in [6.45, 7) is 5.35. The number of hydrogen-bond donors (Lipinski definition) is 1. The van der Waals surface area contributed by atoms with Crippen LogP contribution < -0.4 is 5.73 Å². The highest BCUT2D eigenvalue weighted by atomic mass is 79.9. The first-order chi connectivity index (χ1) is 7.10. The van der Waals surface area contributed by atoms with E-state index in [1.54, 1.807) is 0 Å². The lowest BCUT2D eigenvalue weighted by Crippen LogP contribution is -2.23. The van der Waals surface area contributed by atoms with E-state index in [-0.39, 0.29) is 5.41 Å². The molecule has 0 spiro atoms. The zero-order chi connectivity index (χ0) is 11.1. The van der Waals surface area contributed by atoms with E-state index in [1.165, 1.54) is 12.0 Å². The summed E-state index contributed by atoms with van der Waals surface area (Å²) < 4.78 is 1.15. The summed E-state index contributed by atoms with van der Waals surface area (Å²) in [5.74, 6) is 1.49. The minimum Gasteiger partial charge on any atom is -0.330 e. The average molecular weight is 268 g/mol. The normalized spacial score (nSPS) is 29.5. The van der Waals surface area contributed by atoms with Crippen molar-refractivity contribution in [2.24, 2.45) is 17.6 Å². The molecule has 2 atom stereocenters. The maximum Gasteiger partial charge on any atom is 0.0178 e. The molecule has 1 nitrogen and oxygen atoms in total. The van der Waals surface area contributed by atoms with Gasteiger partial charge in [-0.25, -0.2) is 0 Å². The van der Waals surface area contributed by atoms with Crippen LogP contribution in [0.2, 0.25) is 0 Å². The van der Waals surface area contributed by atoms with Gasteiger partial charge in [-0.2, -0.15) is 0 Å². The largest absolute Gasteiger partial charge is 0.330 e. The second kappa shape index (κ2) is 3.91. The molecule has 2 rings (SSSR count). The summed E-state index contributed by atoms with van der Waals surface area (Å²) in [5, 5.41) is 0. The first-order valence-electron chi connectivity index (χ1n) is 5.56. The van der Waals surface area contributed by atoms with E-state index in [0.29, 0.717) is 0 Å². The molecule has 0 bridgehead atoms. The monoisotopic (exact) mass is 267 g/mol. The molecule has 0 aliphatic heterocycles. The number of halogens is 1. The summed E-state index contributed by atoms with van der Waals surface area (Å²) in [6, 6.07) is 8.60. The Labute approximate surface area is 100 Å². The fourth-order valence-electron chi connectivity index (χ4n) is 2.69. The Balaban J connectivity index is 2.30. The van der Waals surface area contributed by atoms with Gasteiger partial charge in [-0.15, -0.1) is 0 Å². The van der Waals surface area contributed by atoms with Gasteiger partial charge in [0.15, 0.2) is 0 Å². The van der Waals surface area contributed by atoms with Gasteiger partial charge in [0, 0.05) is 16.4 Å². The first kappa shape index (κ1) is 11.2. The molecule has 15 heavy (non-hydrogen) atoms. The number of hydrogen-bond acceptors (Lipinski definition) is 1. The lowest BCUT2D eigenvalue weighted by Gasteiger charge is -2.17. The minimum atomic E-state index is 0.262. The van der Waals surface area contributed by atoms with Gasteiger partial charge in [-0.05, 0) is 36.0 Å². The zero-order valence-corrected chi connectivity index (χ0v) is 10.9. The van der Waals surface area contributed by atoms with E-state index < -0.39 is 0 Å². The molecule has 1 aromatic rings. The summed E-state index contributed by atoms with van der Waals surface area (Å²) in [4.78, 5) is 0. The molecule has 2 heteroatoms. The van der Waals surface area contributed by atoms with Crippen molar-refractivity contribution in [3.05, 3.63) is 34.3 Å². The van der Waals surface area contributed by atoms with E-state index >= 15 is 0 Å². The Morgan fingerprint density at radius 1 is 1.53 bits per heavy atom. The lowest BCUT2D eigenvalue weighted by molar-refractivity contribution is 0.483. The molecule has 1 aliphatic carbocycles. The smallest absolute Gasteiger partial charge is 0.0178 e. The quantitative estimate of drug-likeness (QED) is 0.894. The first-order valence-corrected chi connectivity index (χ1v) is 6.35. The Bertz CT molecular complexity index is 361. The molecule has 1 fully saturated rings. The number of rotatable bonds is 3. The molecule has 1 aromatic carbocycles. The van der Waals surface area contributed by atoms with Crippen molar-refractivity contribution in [3.8, 4) is 0 Å². The van der Waals surface area contributed by atoms with Crippen LogP contribution in [-0.2, 0) is 5.41 Å². The third kappa shape index (κ3) is 1.85. The van der Waals surface area contributed by atoms with Crippen LogP contribution in [0.5, 0.6) is 0 Å². The molecule has 1 saturated carbocycles. The third-order valence-corrected chi connectivity index (χ3v) is 4.20. The van der Waals surface area contributed by atoms with E-state index in [1.807, 2.05) is 0 Å². The van der Waals surface area contributed by atoms with Gasteiger partial charge in [-0.3, -0.25) is 0 Å². The van der Waals surface area contributed by atoms with Crippen LogP contribution in [0.1, 0.15) is 25.8 Å². The minimum absolute atomic E-state index is 0.262. The molecule has 0 radical (unpaired) electrons. The Morgan fingerprint density at radius 3 is 2.73 bits per heavy atom. The summed E-state index contributed by atoms with van der Waals surface area (Å²) in [5.41, 5.74) is 7.63. The Hall–Kier alpha value is -0.340. The average Bonchev–Trinajstić information content (AvgIpc) is 2.93. The lowest BCUT2D eigenvalue weighted by atomic mass is 9.90. The molecule has 0 saturated heterocycles. The highest BCUT2D eigenvalue weighted by molar-refractivity contribution is 9.10. The summed E-state index contributed by atoms with van der Waals surface area (Å²) in [6.07, 6.45) is 1.25. The van der Waals surface area contributed by atoms with Crippen molar-refractivity contribution in [1.29, 1.82) is 0 Å². The second-order valence-corrected chi connectivity index (χ2v) is 5.84. The van der Waals surface area contributed by atoms with Gasteiger partial charge in [0.25, 0.3) is 0 Å². The van der Waals surface area contributed by atoms with Crippen molar-refractivity contribution in [3.63, 3.8) is 0 Å². The molecular weight excluding hydrogens is 250 g/mol. The van der Waals surface area contributed by atoms with Crippen LogP contribution >= 0.6 is 15.9 Å². The molecule has 1 aliphatic rings. The molecule has 0 heterocycles. The van der Waals surface area contributed by atoms with Crippen LogP contribution in [0.15, 0.2) is 28.7 Å². The molecular formula is C13H18BrN. The zero-order valence-electron chi connectivity index (χ0n) is 9.33. The predicted molar refractivity (Wildman–Crippen MR) is 67.8 cm³/mol. The highest BCUT2D eigenvalue weighted by Crippen LogP contribution is 2.57. The molecule has 82 valence electrons. The fraction of sp³-hybridized carbons (Fsp3) is 0.538. The van der Waals surface area contributed by atoms with Gasteiger partial charge in [0.2, 0.25) is 0 Å². The number of benzene rings is 1. The van der Waals surface area contributed by atoms with Crippen LogP contribution in [-0.4, -0.2) is 6.54 Å². The standard InChI is InChI=1S/C13H18BrN/c1-9(2)12-7-13(12,8-15)10-4-3-5-11(14)6-10/h3-6,9,12H,7-8,15H2,1-2H3. The van der Waals surface area contributed by atoms with Gasteiger partial charge in [0.05, 0.1) is 0 Å². The summed E-state index contributed by atoms with van der Waals surface area (Å²) >= 11 is 3.53. The van der Waals surface area contributed by atoms with E-state index in [9.17, 15) is 0 Å². The van der Waals surface area contributed by atoms with Crippen LogP contribution in [0.4, 0.5) is 0 Å². The van der Waals surface area contributed by atoms with Crippen LogP contribution in [0.25, 0.3) is 0 Å². The van der Waals surface area contributed by atoms with Crippen LogP contribution in [0.3, 0.4) is 0 Å². The van der Waals surface area contributed by atoms with Gasteiger partial charge >= 0.3 is 0 Å². The third-order valence-electron chi connectivity index (χ3n) is 3.70. The van der Waals surface area contributed by atoms with Crippen molar-refractivity contribution < 1.29 is 0 Å². The van der Waals surface area contributed by atoms with Gasteiger partial charge in [-0.1, -0.05) is 41.9 Å². The van der Waals surface area contributed by atoms with E-state index in [0.717, 1.165) is 22.9 Å². The maximum atomic E-state index is 5.96.